The van der Waals surface area contributed by atoms with Crippen LogP contribution in [-0.4, -0.2) is 39.7 Å². The molecule has 2 aromatic carbocycles. The van der Waals surface area contributed by atoms with Crippen molar-refractivity contribution in [1.82, 2.24) is 9.66 Å². The molecule has 3 rings (SSSR count). The number of hydrogen-bond acceptors (Lipinski definition) is 6. The first-order valence-corrected chi connectivity index (χ1v) is 8.85. The van der Waals surface area contributed by atoms with Gasteiger partial charge in [0.05, 0.1) is 23.7 Å². The van der Waals surface area contributed by atoms with Crippen molar-refractivity contribution in [2.24, 2.45) is 5.10 Å². The van der Waals surface area contributed by atoms with Crippen LogP contribution in [0.25, 0.3) is 10.9 Å². The third-order valence-corrected chi connectivity index (χ3v) is 4.03. The molecular weight excluding hydrogens is 378 g/mol. The van der Waals surface area contributed by atoms with Gasteiger partial charge >= 0.3 is 11.7 Å². The second kappa shape index (κ2) is 8.42. The number of hydrogen-bond donors (Lipinski definition) is 2. The van der Waals surface area contributed by atoms with Gasteiger partial charge < -0.3 is 19.6 Å². The molecule has 1 aromatic heterocycles. The molecule has 0 spiro atoms. The minimum Gasteiger partial charge on any atom is -0.490 e. The molecule has 150 valence electrons. The second-order valence-corrected chi connectivity index (χ2v) is 6.07. The molecule has 3 aromatic rings. The van der Waals surface area contributed by atoms with Gasteiger partial charge in [0.15, 0.2) is 17.6 Å². The van der Waals surface area contributed by atoms with Crippen LogP contribution in [0.3, 0.4) is 0 Å². The Morgan fingerprint density at radius 3 is 2.72 bits per heavy atom. The van der Waals surface area contributed by atoms with Gasteiger partial charge in [0.25, 0.3) is 5.56 Å². The number of fused-ring (bicyclic) bond motifs is 1. The smallest absolute Gasteiger partial charge is 0.349 e. The Labute approximate surface area is 164 Å². The number of nitrogens with zero attached hydrogens (tertiary/aromatic N) is 2. The standard InChI is InChI=1S/C20H19N3O6/c1-3-28-17-10-13(8-9-16(17)29-12(2)19(25)26)11-21-23-18(24)14-6-4-5-7-15(14)22-20(23)27/h4-12H,3H2,1-2H3,(H,22,27)(H,25,26)/t12-/m1/s1. The number of aromatic nitrogens is 2. The summed E-state index contributed by atoms with van der Waals surface area (Å²) in [6.45, 7) is 3.52. The highest BCUT2D eigenvalue weighted by molar-refractivity contribution is 5.81. The van der Waals surface area contributed by atoms with Crippen molar-refractivity contribution in [2.45, 2.75) is 20.0 Å². The van der Waals surface area contributed by atoms with E-state index in [0.29, 0.717) is 28.8 Å². The third kappa shape index (κ3) is 4.34. The lowest BCUT2D eigenvalue weighted by Gasteiger charge is -2.15. The van der Waals surface area contributed by atoms with Crippen molar-refractivity contribution in [3.8, 4) is 11.5 Å². The predicted octanol–water partition coefficient (Wildman–Crippen LogP) is 1.82. The van der Waals surface area contributed by atoms with Crippen molar-refractivity contribution in [3.63, 3.8) is 0 Å². The van der Waals surface area contributed by atoms with E-state index in [-0.39, 0.29) is 5.75 Å². The monoisotopic (exact) mass is 397 g/mol. The van der Waals surface area contributed by atoms with Crippen molar-refractivity contribution in [1.29, 1.82) is 0 Å². The van der Waals surface area contributed by atoms with Gasteiger partial charge in [0.2, 0.25) is 0 Å². The molecule has 29 heavy (non-hydrogen) atoms. The van der Waals surface area contributed by atoms with Crippen molar-refractivity contribution in [2.75, 3.05) is 6.61 Å². The van der Waals surface area contributed by atoms with Gasteiger partial charge in [-0.2, -0.15) is 5.10 Å². The summed E-state index contributed by atoms with van der Waals surface area (Å²) in [5.41, 5.74) is -0.240. The molecule has 1 heterocycles. The van der Waals surface area contributed by atoms with Gasteiger partial charge in [0, 0.05) is 0 Å². The molecule has 0 aliphatic carbocycles. The molecule has 9 nitrogen and oxygen atoms in total. The lowest BCUT2D eigenvalue weighted by molar-refractivity contribution is -0.144. The molecule has 0 bridgehead atoms. The summed E-state index contributed by atoms with van der Waals surface area (Å²) in [6.07, 6.45) is 0.279. The highest BCUT2D eigenvalue weighted by Gasteiger charge is 2.16. The van der Waals surface area contributed by atoms with E-state index in [0.717, 1.165) is 4.68 Å². The zero-order valence-corrected chi connectivity index (χ0v) is 15.8. The number of nitrogens with one attached hydrogen (secondary N) is 1. The normalized spacial score (nSPS) is 12.2. The van der Waals surface area contributed by atoms with E-state index < -0.39 is 23.3 Å². The Bertz CT molecular complexity index is 1190. The average Bonchev–Trinajstić information content (AvgIpc) is 2.69. The van der Waals surface area contributed by atoms with Crippen molar-refractivity contribution >= 4 is 23.1 Å². The minimum absolute atomic E-state index is 0.264. The van der Waals surface area contributed by atoms with E-state index in [1.807, 2.05) is 0 Å². The lowest BCUT2D eigenvalue weighted by Crippen LogP contribution is -2.32. The first-order chi connectivity index (χ1) is 13.9. The number of ether oxygens (including phenoxy) is 2. The number of benzene rings is 2. The topological polar surface area (TPSA) is 123 Å². The van der Waals surface area contributed by atoms with Crippen LogP contribution < -0.4 is 20.7 Å². The molecule has 1 atom stereocenters. The van der Waals surface area contributed by atoms with Crippen LogP contribution >= 0.6 is 0 Å². The molecule has 0 saturated carbocycles. The molecule has 2 N–H and O–H groups in total. The number of rotatable bonds is 7. The van der Waals surface area contributed by atoms with Crippen LogP contribution in [0.2, 0.25) is 0 Å². The summed E-state index contributed by atoms with van der Waals surface area (Å²) in [5.74, 6) is -0.517. The number of carbonyl (C=O) groups is 1. The largest absolute Gasteiger partial charge is 0.490 e. The fourth-order valence-corrected chi connectivity index (χ4v) is 2.59. The van der Waals surface area contributed by atoms with Crippen LogP contribution in [0, 0.1) is 0 Å². The van der Waals surface area contributed by atoms with E-state index in [4.69, 9.17) is 14.6 Å². The summed E-state index contributed by atoms with van der Waals surface area (Å²) in [4.78, 5) is 38.3. The first-order valence-electron chi connectivity index (χ1n) is 8.85. The summed E-state index contributed by atoms with van der Waals surface area (Å²) in [7, 11) is 0. The molecule has 0 aliphatic heterocycles. The molecule has 0 fully saturated rings. The van der Waals surface area contributed by atoms with Crippen LogP contribution in [0.5, 0.6) is 11.5 Å². The summed E-state index contributed by atoms with van der Waals surface area (Å²) < 4.78 is 11.6. The number of aliphatic carboxylic acids is 1. The lowest BCUT2D eigenvalue weighted by atomic mass is 10.2. The van der Waals surface area contributed by atoms with Crippen LogP contribution in [0.4, 0.5) is 0 Å². The van der Waals surface area contributed by atoms with E-state index in [9.17, 15) is 14.4 Å². The van der Waals surface area contributed by atoms with Gasteiger partial charge in [-0.25, -0.2) is 9.59 Å². The average molecular weight is 397 g/mol. The summed E-state index contributed by atoms with van der Waals surface area (Å²) in [5, 5.41) is 13.3. The zero-order chi connectivity index (χ0) is 21.0. The van der Waals surface area contributed by atoms with Crippen molar-refractivity contribution < 1.29 is 19.4 Å². The molecule has 0 amide bonds. The first kappa shape index (κ1) is 19.9. The summed E-state index contributed by atoms with van der Waals surface area (Å²) >= 11 is 0. The third-order valence-electron chi connectivity index (χ3n) is 4.03. The van der Waals surface area contributed by atoms with Gasteiger partial charge in [-0.15, -0.1) is 4.68 Å². The number of H-pyrrole nitrogens is 1. The van der Waals surface area contributed by atoms with E-state index in [2.05, 4.69) is 10.1 Å². The quantitative estimate of drug-likeness (QED) is 0.586. The SMILES string of the molecule is CCOc1cc(C=Nn2c(=O)[nH]c3ccccc3c2=O)ccc1O[C@H](C)C(=O)O. The van der Waals surface area contributed by atoms with E-state index in [1.165, 1.54) is 13.1 Å². The van der Waals surface area contributed by atoms with Crippen molar-refractivity contribution in [3.05, 3.63) is 68.9 Å². The van der Waals surface area contributed by atoms with E-state index in [1.54, 1.807) is 49.4 Å². The Balaban J connectivity index is 1.96. The van der Waals surface area contributed by atoms with Crippen LogP contribution in [-0.2, 0) is 4.79 Å². The van der Waals surface area contributed by atoms with Gasteiger partial charge in [-0.05, 0) is 49.7 Å². The Hall–Kier alpha value is -3.88. The van der Waals surface area contributed by atoms with Gasteiger partial charge in [-0.3, -0.25) is 4.79 Å². The van der Waals surface area contributed by atoms with Crippen LogP contribution in [0.15, 0.2) is 57.2 Å². The Kier molecular flexibility index (Phi) is 5.77. The maximum absolute atomic E-state index is 12.5. The highest BCUT2D eigenvalue weighted by Crippen LogP contribution is 2.29. The number of carboxylic acid groups (broad SMARTS) is 1. The van der Waals surface area contributed by atoms with Crippen LogP contribution in [0.1, 0.15) is 19.4 Å². The van der Waals surface area contributed by atoms with Gasteiger partial charge in [0.1, 0.15) is 0 Å². The predicted molar refractivity (Wildman–Crippen MR) is 107 cm³/mol. The maximum Gasteiger partial charge on any atom is 0.349 e. The molecule has 9 heteroatoms. The minimum atomic E-state index is -1.10. The van der Waals surface area contributed by atoms with Gasteiger partial charge in [-0.1, -0.05) is 12.1 Å². The zero-order valence-electron chi connectivity index (χ0n) is 15.8. The fraction of sp³-hybridized carbons (Fsp3) is 0.200. The number of carboxylic acids is 1. The fourth-order valence-electron chi connectivity index (χ4n) is 2.59. The molecule has 0 saturated heterocycles. The number of aromatic amines is 1. The molecule has 0 aliphatic rings. The molecular formula is C20H19N3O6. The molecule has 0 radical (unpaired) electrons. The second-order valence-electron chi connectivity index (χ2n) is 6.07. The highest BCUT2D eigenvalue weighted by atomic mass is 16.5. The Morgan fingerprint density at radius 2 is 2.00 bits per heavy atom. The molecule has 0 unspecified atom stereocenters. The Morgan fingerprint density at radius 1 is 1.24 bits per heavy atom. The van der Waals surface area contributed by atoms with E-state index >= 15 is 0 Å². The summed E-state index contributed by atoms with van der Waals surface area (Å²) in [6, 6.07) is 11.4. The maximum atomic E-state index is 12.5. The number of para-hydroxylation sites is 1.